The van der Waals surface area contributed by atoms with E-state index in [-0.39, 0.29) is 17.5 Å². The third kappa shape index (κ3) is 5.64. The third-order valence-electron chi connectivity index (χ3n) is 5.72. The lowest BCUT2D eigenvalue weighted by atomic mass is 10.1. The number of carbonyl (C=O) groups excluding carboxylic acids is 1. The largest absolute Gasteiger partial charge is 0.382 e. The van der Waals surface area contributed by atoms with Gasteiger partial charge in [-0.15, -0.1) is 15.8 Å². The zero-order chi connectivity index (χ0) is 26.0. The van der Waals surface area contributed by atoms with Crippen molar-refractivity contribution in [3.8, 4) is 11.1 Å². The standard InChI is InChI=1S/C23H32N3O6S2Si/c1-16-17(2)25-32-22(16)26(14-27,15-31-11-10-30-3)19-9-7-8-18(12-19)20-13-21(35(4,5)6)33-23(20)34(24,28)29/h7-9,12-14H,10-11,15H2,1-6H3,(H2,24,28,29)/q+1. The predicted octanol–water partition coefficient (Wildman–Crippen LogP) is 3.63. The number of hydrogen-bond acceptors (Lipinski definition) is 8. The van der Waals surface area contributed by atoms with Crippen LogP contribution in [0.4, 0.5) is 11.6 Å². The van der Waals surface area contributed by atoms with E-state index in [9.17, 15) is 13.2 Å². The molecule has 0 aliphatic rings. The van der Waals surface area contributed by atoms with E-state index >= 15 is 0 Å². The van der Waals surface area contributed by atoms with Crippen LogP contribution in [-0.4, -0.2) is 55.1 Å². The summed E-state index contributed by atoms with van der Waals surface area (Å²) in [6, 6.07) is 9.03. The van der Waals surface area contributed by atoms with Crippen molar-refractivity contribution in [1.82, 2.24) is 9.64 Å². The molecule has 1 amide bonds. The van der Waals surface area contributed by atoms with E-state index in [2.05, 4.69) is 24.8 Å². The molecule has 0 bridgehead atoms. The normalized spacial score (nSPS) is 14.1. The first-order valence-electron chi connectivity index (χ1n) is 11.0. The van der Waals surface area contributed by atoms with Gasteiger partial charge < -0.3 is 14.0 Å². The molecule has 3 aromatic rings. The predicted molar refractivity (Wildman–Crippen MR) is 140 cm³/mol. The average Bonchev–Trinajstić information content (AvgIpc) is 3.40. The van der Waals surface area contributed by atoms with E-state index < -0.39 is 22.6 Å². The Bertz CT molecular complexity index is 1310. The number of hydrogen-bond donors (Lipinski definition) is 1. The summed E-state index contributed by atoms with van der Waals surface area (Å²) in [5, 5.41) is 9.63. The average molecular weight is 539 g/mol. The fourth-order valence-corrected chi connectivity index (χ4v) is 7.80. The lowest BCUT2D eigenvalue weighted by molar-refractivity contribution is -0.120. The van der Waals surface area contributed by atoms with Gasteiger partial charge in [-0.2, -0.15) is 0 Å². The molecular formula is C23H32N3O6S2Si+. The molecule has 3 rings (SSSR count). The van der Waals surface area contributed by atoms with E-state index in [0.29, 0.717) is 35.0 Å². The lowest BCUT2D eigenvalue weighted by Crippen LogP contribution is -2.45. The number of carbonyl (C=O) groups is 1. The Morgan fingerprint density at radius 1 is 1.20 bits per heavy atom. The highest BCUT2D eigenvalue weighted by Crippen LogP contribution is 2.40. The molecule has 1 atom stereocenters. The zero-order valence-corrected chi connectivity index (χ0v) is 23.5. The maximum Gasteiger partial charge on any atom is 0.339 e. The SMILES string of the molecule is COCCOC[N+](C=O)(c1cccc(-c2cc([Si](C)(C)C)sc2S(N)(=O)=O)c1)c1onc(C)c1C. The van der Waals surface area contributed by atoms with Gasteiger partial charge in [0.05, 0.1) is 32.5 Å². The Kier molecular flexibility index (Phi) is 8.16. The summed E-state index contributed by atoms with van der Waals surface area (Å²) in [5.74, 6) is 0.326. The molecule has 1 aromatic carbocycles. The molecule has 0 fully saturated rings. The number of rotatable bonds is 11. The van der Waals surface area contributed by atoms with Crippen molar-refractivity contribution in [3.05, 3.63) is 41.6 Å². The smallest absolute Gasteiger partial charge is 0.339 e. The lowest BCUT2D eigenvalue weighted by Gasteiger charge is -2.28. The molecule has 190 valence electrons. The van der Waals surface area contributed by atoms with Crippen molar-refractivity contribution in [2.75, 3.05) is 27.1 Å². The molecule has 2 heterocycles. The minimum absolute atomic E-state index is 0.0579. The van der Waals surface area contributed by atoms with Crippen molar-refractivity contribution in [2.24, 2.45) is 5.14 Å². The zero-order valence-electron chi connectivity index (χ0n) is 20.8. The molecule has 0 aliphatic carbocycles. The minimum Gasteiger partial charge on any atom is -0.382 e. The summed E-state index contributed by atoms with van der Waals surface area (Å²) in [6.07, 6.45) is 0.737. The fraction of sp³-hybridized carbons (Fsp3) is 0.391. The first-order valence-corrected chi connectivity index (χ1v) is 16.8. The highest BCUT2D eigenvalue weighted by molar-refractivity contribution is 7.91. The van der Waals surface area contributed by atoms with Gasteiger partial charge in [-0.05, 0) is 30.0 Å². The summed E-state index contributed by atoms with van der Waals surface area (Å²) in [4.78, 5) is 12.7. The topological polar surface area (TPSA) is 122 Å². The van der Waals surface area contributed by atoms with Gasteiger partial charge in [0.2, 0.25) is 16.8 Å². The summed E-state index contributed by atoms with van der Waals surface area (Å²) in [6.45, 7) is 10.6. The Hall–Kier alpha value is -2.19. The molecule has 12 heteroatoms. The van der Waals surface area contributed by atoms with Crippen LogP contribution in [0.1, 0.15) is 11.3 Å². The molecule has 1 unspecified atom stereocenters. The van der Waals surface area contributed by atoms with Gasteiger partial charge in [0, 0.05) is 24.8 Å². The second-order valence-electron chi connectivity index (χ2n) is 9.36. The molecule has 2 N–H and O–H groups in total. The molecular weight excluding hydrogens is 506 g/mol. The summed E-state index contributed by atoms with van der Waals surface area (Å²) < 4.78 is 42.1. The van der Waals surface area contributed by atoms with Crippen LogP contribution in [0.15, 0.2) is 39.1 Å². The number of primary sulfonamides is 1. The molecule has 0 aliphatic heterocycles. The van der Waals surface area contributed by atoms with Crippen LogP contribution in [0.25, 0.3) is 11.1 Å². The maximum atomic E-state index is 12.7. The monoisotopic (exact) mass is 538 g/mol. The number of ether oxygens (including phenoxy) is 2. The van der Waals surface area contributed by atoms with Crippen LogP contribution in [0.5, 0.6) is 0 Å². The van der Waals surface area contributed by atoms with Gasteiger partial charge in [0.15, 0.2) is 0 Å². The summed E-state index contributed by atoms with van der Waals surface area (Å²) in [7, 11) is -4.20. The van der Waals surface area contributed by atoms with E-state index in [1.54, 1.807) is 38.3 Å². The highest BCUT2D eigenvalue weighted by atomic mass is 32.2. The van der Waals surface area contributed by atoms with Gasteiger partial charge >= 0.3 is 12.3 Å². The van der Waals surface area contributed by atoms with Crippen LogP contribution in [0, 0.1) is 13.8 Å². The molecule has 0 saturated carbocycles. The molecule has 2 aromatic heterocycles. The fourth-order valence-electron chi connectivity index (χ4n) is 3.59. The van der Waals surface area contributed by atoms with Crippen LogP contribution < -0.4 is 14.1 Å². The number of aryl methyl sites for hydroxylation is 1. The first kappa shape index (κ1) is 27.4. The van der Waals surface area contributed by atoms with Crippen LogP contribution in [0.2, 0.25) is 19.6 Å². The van der Waals surface area contributed by atoms with Gasteiger partial charge in [0.25, 0.3) is 0 Å². The first-order chi connectivity index (χ1) is 16.3. The van der Waals surface area contributed by atoms with E-state index in [1.165, 1.54) is 11.3 Å². The molecule has 0 saturated heterocycles. The quantitative estimate of drug-likeness (QED) is 0.130. The number of amides is 1. The molecule has 0 spiro atoms. The Labute approximate surface area is 211 Å². The van der Waals surface area contributed by atoms with Crippen molar-refractivity contribution in [3.63, 3.8) is 0 Å². The Balaban J connectivity index is 2.21. The van der Waals surface area contributed by atoms with Crippen molar-refractivity contribution >= 4 is 51.9 Å². The number of aromatic nitrogens is 1. The number of methoxy groups -OCH3 is 1. The molecule has 9 nitrogen and oxygen atoms in total. The Morgan fingerprint density at radius 3 is 2.46 bits per heavy atom. The van der Waals surface area contributed by atoms with Crippen LogP contribution in [-0.2, 0) is 24.3 Å². The third-order valence-corrected chi connectivity index (χ3v) is 11.9. The van der Waals surface area contributed by atoms with Gasteiger partial charge in [0.1, 0.15) is 9.90 Å². The molecule has 0 radical (unpaired) electrons. The van der Waals surface area contributed by atoms with E-state index in [4.69, 9.17) is 19.1 Å². The number of nitrogens with two attached hydrogens (primary N) is 1. The summed E-state index contributed by atoms with van der Waals surface area (Å²) >= 11 is 1.22. The Morgan fingerprint density at radius 2 is 1.91 bits per heavy atom. The second-order valence-corrected chi connectivity index (χ2v) is 17.6. The van der Waals surface area contributed by atoms with Crippen molar-refractivity contribution in [2.45, 2.75) is 37.7 Å². The number of benzene rings is 1. The van der Waals surface area contributed by atoms with Gasteiger partial charge in [-0.25, -0.2) is 18.4 Å². The van der Waals surface area contributed by atoms with Crippen molar-refractivity contribution in [1.29, 1.82) is 0 Å². The number of sulfonamides is 1. The second kappa shape index (κ2) is 10.4. The maximum absolute atomic E-state index is 12.7. The van der Waals surface area contributed by atoms with Gasteiger partial charge in [-0.3, -0.25) is 0 Å². The van der Waals surface area contributed by atoms with Crippen LogP contribution in [0.3, 0.4) is 0 Å². The van der Waals surface area contributed by atoms with E-state index in [0.717, 1.165) is 16.5 Å². The highest BCUT2D eigenvalue weighted by Gasteiger charge is 2.41. The number of thiophene rings is 1. The number of quaternary nitrogens is 1. The van der Waals surface area contributed by atoms with Gasteiger partial charge in [-0.1, -0.05) is 36.9 Å². The van der Waals surface area contributed by atoms with E-state index in [1.807, 2.05) is 13.0 Å². The minimum atomic E-state index is -3.95. The van der Waals surface area contributed by atoms with Crippen molar-refractivity contribution < 1.29 is 27.2 Å². The van der Waals surface area contributed by atoms with Crippen LogP contribution >= 0.6 is 11.3 Å². The molecule has 35 heavy (non-hydrogen) atoms. The summed E-state index contributed by atoms with van der Waals surface area (Å²) in [5.41, 5.74) is 3.07. The number of nitrogens with zero attached hydrogens (tertiary/aromatic N) is 2.